The number of hydrogen-bond acceptors (Lipinski definition) is 8. The van der Waals surface area contributed by atoms with Gasteiger partial charge < -0.3 is 30.3 Å². The molecule has 0 saturated heterocycles. The predicted molar refractivity (Wildman–Crippen MR) is 110 cm³/mol. The summed E-state index contributed by atoms with van der Waals surface area (Å²) in [5.74, 6) is -4.11. The quantitative estimate of drug-likeness (QED) is 0.342. The number of likely N-dealkylation sites (N-methyl/N-ethyl adjacent to an activating group) is 1. The SMILES string of the molecule is CCOC(=O)c1c(NC(=O)CCN(C)CCO)sc2c1CCCC2.O=C(O)C(=O)O. The molecule has 10 nitrogen and oxygen atoms in total. The molecule has 0 radical (unpaired) electrons. The lowest BCUT2D eigenvalue weighted by Crippen LogP contribution is -2.27. The highest BCUT2D eigenvalue weighted by atomic mass is 32.1. The second kappa shape index (κ2) is 12.9. The van der Waals surface area contributed by atoms with Crippen LogP contribution in [-0.2, 0) is 32.0 Å². The summed E-state index contributed by atoms with van der Waals surface area (Å²) in [6.45, 7) is 3.28. The first-order valence-electron chi connectivity index (χ1n) is 9.58. The molecule has 1 aromatic rings. The Morgan fingerprint density at radius 1 is 1.10 bits per heavy atom. The molecular weight excluding hydrogens is 416 g/mol. The number of amides is 1. The number of carbonyl (C=O) groups excluding carboxylic acids is 2. The molecule has 0 fully saturated rings. The van der Waals surface area contributed by atoms with Gasteiger partial charge in [0.25, 0.3) is 0 Å². The highest BCUT2D eigenvalue weighted by Gasteiger charge is 2.27. The molecule has 30 heavy (non-hydrogen) atoms. The summed E-state index contributed by atoms with van der Waals surface area (Å²) in [6, 6.07) is 0. The van der Waals surface area contributed by atoms with E-state index in [0.717, 1.165) is 31.2 Å². The number of fused-ring (bicyclic) bond motifs is 1. The summed E-state index contributed by atoms with van der Waals surface area (Å²) in [5, 5.41) is 27.2. The number of aliphatic hydroxyl groups excluding tert-OH is 1. The second-order valence-corrected chi connectivity index (χ2v) is 7.68. The number of aliphatic carboxylic acids is 2. The van der Waals surface area contributed by atoms with Gasteiger partial charge >= 0.3 is 17.9 Å². The first-order chi connectivity index (χ1) is 14.2. The summed E-state index contributed by atoms with van der Waals surface area (Å²) in [5.41, 5.74) is 1.60. The number of aliphatic hydroxyl groups is 1. The van der Waals surface area contributed by atoms with Crippen LogP contribution in [-0.4, -0.2) is 77.4 Å². The molecule has 1 heterocycles. The van der Waals surface area contributed by atoms with E-state index in [-0.39, 0.29) is 18.5 Å². The Morgan fingerprint density at radius 3 is 2.30 bits per heavy atom. The van der Waals surface area contributed by atoms with Crippen molar-refractivity contribution in [3.63, 3.8) is 0 Å². The number of carboxylic acids is 2. The lowest BCUT2D eigenvalue weighted by atomic mass is 9.95. The van der Waals surface area contributed by atoms with Gasteiger partial charge in [0.2, 0.25) is 5.91 Å². The number of rotatable bonds is 8. The average molecular weight is 445 g/mol. The minimum atomic E-state index is -1.82. The van der Waals surface area contributed by atoms with E-state index in [2.05, 4.69) is 5.32 Å². The molecule has 0 spiro atoms. The molecule has 4 N–H and O–H groups in total. The van der Waals surface area contributed by atoms with Crippen LogP contribution in [0, 0.1) is 0 Å². The fraction of sp³-hybridized carbons (Fsp3) is 0.579. The number of esters is 1. The number of carbonyl (C=O) groups is 4. The van der Waals surface area contributed by atoms with E-state index >= 15 is 0 Å². The minimum Gasteiger partial charge on any atom is -0.473 e. The maximum atomic E-state index is 12.3. The van der Waals surface area contributed by atoms with Crippen molar-refractivity contribution < 1.29 is 39.2 Å². The van der Waals surface area contributed by atoms with Crippen molar-refractivity contribution in [1.82, 2.24) is 4.90 Å². The van der Waals surface area contributed by atoms with Gasteiger partial charge in [-0.15, -0.1) is 11.3 Å². The van der Waals surface area contributed by atoms with Crippen molar-refractivity contribution >= 4 is 40.2 Å². The number of thiophene rings is 1. The Labute approximate surface area is 178 Å². The third kappa shape index (κ3) is 8.09. The van der Waals surface area contributed by atoms with Crippen molar-refractivity contribution in [2.24, 2.45) is 0 Å². The van der Waals surface area contributed by atoms with Gasteiger partial charge in [0.05, 0.1) is 18.8 Å². The van der Waals surface area contributed by atoms with Gasteiger partial charge in [0, 0.05) is 24.4 Å². The Hall–Kier alpha value is -2.50. The Morgan fingerprint density at radius 2 is 1.73 bits per heavy atom. The molecular formula is C19H28N2O8S. The van der Waals surface area contributed by atoms with Gasteiger partial charge in [-0.1, -0.05) is 0 Å². The topological polar surface area (TPSA) is 153 Å². The van der Waals surface area contributed by atoms with Crippen LogP contribution in [0.25, 0.3) is 0 Å². The van der Waals surface area contributed by atoms with Gasteiger partial charge in [0.15, 0.2) is 0 Å². The number of ether oxygens (including phenoxy) is 1. The molecule has 168 valence electrons. The van der Waals surface area contributed by atoms with Crippen molar-refractivity contribution in [2.45, 2.75) is 39.0 Å². The molecule has 1 amide bonds. The predicted octanol–water partition coefficient (Wildman–Crippen LogP) is 1.21. The first-order valence-corrected chi connectivity index (χ1v) is 10.4. The summed E-state index contributed by atoms with van der Waals surface area (Å²) >= 11 is 1.50. The zero-order chi connectivity index (χ0) is 22.7. The zero-order valence-corrected chi connectivity index (χ0v) is 17.9. The highest BCUT2D eigenvalue weighted by molar-refractivity contribution is 7.17. The van der Waals surface area contributed by atoms with Crippen LogP contribution >= 0.6 is 11.3 Å². The molecule has 11 heteroatoms. The van der Waals surface area contributed by atoms with Crippen molar-refractivity contribution in [3.05, 3.63) is 16.0 Å². The molecule has 0 aliphatic heterocycles. The van der Waals surface area contributed by atoms with E-state index in [1.165, 1.54) is 16.2 Å². The maximum Gasteiger partial charge on any atom is 0.414 e. The Bertz CT molecular complexity index is 750. The molecule has 1 aliphatic carbocycles. The third-order valence-corrected chi connectivity index (χ3v) is 5.50. The van der Waals surface area contributed by atoms with E-state index in [1.54, 1.807) is 6.92 Å². The van der Waals surface area contributed by atoms with E-state index < -0.39 is 11.9 Å². The summed E-state index contributed by atoms with van der Waals surface area (Å²) in [7, 11) is 1.86. The third-order valence-electron chi connectivity index (χ3n) is 4.29. The van der Waals surface area contributed by atoms with Crippen LogP contribution in [0.4, 0.5) is 5.00 Å². The van der Waals surface area contributed by atoms with Crippen LogP contribution in [0.15, 0.2) is 0 Å². The average Bonchev–Trinajstić information content (AvgIpc) is 3.05. The smallest absolute Gasteiger partial charge is 0.414 e. The molecule has 1 aromatic heterocycles. The molecule has 0 saturated carbocycles. The van der Waals surface area contributed by atoms with Crippen LogP contribution in [0.5, 0.6) is 0 Å². The molecule has 0 atom stereocenters. The highest BCUT2D eigenvalue weighted by Crippen LogP contribution is 2.38. The molecule has 0 aromatic carbocycles. The van der Waals surface area contributed by atoms with Gasteiger partial charge in [0.1, 0.15) is 5.00 Å². The number of anilines is 1. The van der Waals surface area contributed by atoms with Crippen LogP contribution in [0.3, 0.4) is 0 Å². The molecule has 2 rings (SSSR count). The maximum absolute atomic E-state index is 12.3. The van der Waals surface area contributed by atoms with Crippen LogP contribution in [0.1, 0.15) is 47.0 Å². The van der Waals surface area contributed by atoms with Crippen molar-refractivity contribution in [1.29, 1.82) is 0 Å². The van der Waals surface area contributed by atoms with Crippen LogP contribution < -0.4 is 5.32 Å². The first kappa shape index (κ1) is 25.5. The van der Waals surface area contributed by atoms with Gasteiger partial charge in [-0.2, -0.15) is 0 Å². The fourth-order valence-corrected chi connectivity index (χ4v) is 4.13. The lowest BCUT2D eigenvalue weighted by Gasteiger charge is -2.14. The van der Waals surface area contributed by atoms with E-state index in [9.17, 15) is 9.59 Å². The van der Waals surface area contributed by atoms with E-state index in [1.807, 2.05) is 11.9 Å². The van der Waals surface area contributed by atoms with E-state index in [0.29, 0.717) is 36.7 Å². The number of nitrogens with zero attached hydrogens (tertiary/aromatic N) is 1. The van der Waals surface area contributed by atoms with Gasteiger partial charge in [-0.05, 0) is 45.2 Å². The summed E-state index contributed by atoms with van der Waals surface area (Å²) in [6.07, 6.45) is 4.34. The summed E-state index contributed by atoms with van der Waals surface area (Å²) in [4.78, 5) is 45.8. The van der Waals surface area contributed by atoms with Gasteiger partial charge in [-0.3, -0.25) is 4.79 Å². The van der Waals surface area contributed by atoms with Crippen molar-refractivity contribution in [2.75, 3.05) is 38.7 Å². The monoisotopic (exact) mass is 444 g/mol. The van der Waals surface area contributed by atoms with Gasteiger partial charge in [-0.25, -0.2) is 14.4 Å². The number of carboxylic acid groups (broad SMARTS) is 2. The normalized spacial score (nSPS) is 12.4. The largest absolute Gasteiger partial charge is 0.473 e. The van der Waals surface area contributed by atoms with E-state index in [4.69, 9.17) is 29.6 Å². The number of aryl methyl sites for hydroxylation is 1. The number of hydrogen-bond donors (Lipinski definition) is 4. The molecule has 1 aliphatic rings. The van der Waals surface area contributed by atoms with Crippen LogP contribution in [0.2, 0.25) is 0 Å². The fourth-order valence-electron chi connectivity index (χ4n) is 2.84. The summed E-state index contributed by atoms with van der Waals surface area (Å²) < 4.78 is 5.19. The minimum absolute atomic E-state index is 0.0722. The zero-order valence-electron chi connectivity index (χ0n) is 17.1. The standard InChI is InChI=1S/C17H26N2O4S.C2H2O4/c1-3-23-17(22)15-12-6-4-5-7-13(12)24-16(15)18-14(21)8-9-19(2)10-11-20;3-1(4)2(5)6/h20H,3-11H2,1-2H3,(H,18,21);(H,3,4)(H,5,6). The number of nitrogens with one attached hydrogen (secondary N) is 1. The molecule has 0 unspecified atom stereocenters. The Kier molecular flexibility index (Phi) is 11.0. The second-order valence-electron chi connectivity index (χ2n) is 6.57. The van der Waals surface area contributed by atoms with Crippen molar-refractivity contribution in [3.8, 4) is 0 Å². The lowest BCUT2D eigenvalue weighted by molar-refractivity contribution is -0.159. The molecule has 0 bridgehead atoms. The Balaban J connectivity index is 0.000000656.